The average Bonchev–Trinajstić information content (AvgIpc) is 1.98. The van der Waals surface area contributed by atoms with E-state index in [1.54, 1.807) is 0 Å². The lowest BCUT2D eigenvalue weighted by Crippen LogP contribution is -1.97. The number of esters is 1. The van der Waals surface area contributed by atoms with Crippen molar-refractivity contribution in [3.63, 3.8) is 0 Å². The van der Waals surface area contributed by atoms with Crippen molar-refractivity contribution in [3.05, 3.63) is 25.0 Å². The van der Waals surface area contributed by atoms with Gasteiger partial charge < -0.3 is 9.84 Å². The van der Waals surface area contributed by atoms with E-state index in [0.717, 1.165) is 6.26 Å². The first-order chi connectivity index (χ1) is 5.66. The van der Waals surface area contributed by atoms with Crippen molar-refractivity contribution in [1.29, 1.82) is 0 Å². The van der Waals surface area contributed by atoms with Crippen molar-refractivity contribution in [2.75, 3.05) is 0 Å². The van der Waals surface area contributed by atoms with E-state index in [1.165, 1.54) is 12.2 Å². The predicted octanol–water partition coefficient (Wildman–Crippen LogP) is 1.09. The molecule has 0 saturated heterocycles. The van der Waals surface area contributed by atoms with Crippen molar-refractivity contribution in [3.8, 4) is 0 Å². The predicted molar refractivity (Wildman–Crippen MR) is 42.3 cm³/mol. The van der Waals surface area contributed by atoms with Crippen LogP contribution in [0.2, 0.25) is 0 Å². The molecule has 0 amide bonds. The Morgan fingerprint density at radius 2 is 2.08 bits per heavy atom. The number of hydrogen-bond donors (Lipinski definition) is 1. The summed E-state index contributed by atoms with van der Waals surface area (Å²) in [4.78, 5) is 20.6. The fourth-order valence-electron chi connectivity index (χ4n) is 0.439. The van der Waals surface area contributed by atoms with Gasteiger partial charge in [0.1, 0.15) is 0 Å². The van der Waals surface area contributed by atoms with Crippen molar-refractivity contribution in [2.24, 2.45) is 0 Å². The molecule has 66 valence electrons. The fourth-order valence-corrected chi connectivity index (χ4v) is 0.439. The van der Waals surface area contributed by atoms with E-state index in [2.05, 4.69) is 11.3 Å². The van der Waals surface area contributed by atoms with Crippen molar-refractivity contribution in [2.45, 2.75) is 12.8 Å². The largest absolute Gasteiger partial charge is 0.481 e. The van der Waals surface area contributed by atoms with Crippen molar-refractivity contribution < 1.29 is 19.4 Å². The third-order valence-electron chi connectivity index (χ3n) is 0.899. The van der Waals surface area contributed by atoms with Gasteiger partial charge in [-0.2, -0.15) is 0 Å². The maximum absolute atomic E-state index is 10.6. The number of carboxylic acids is 1. The molecule has 12 heavy (non-hydrogen) atoms. The first-order valence-electron chi connectivity index (χ1n) is 3.34. The van der Waals surface area contributed by atoms with Crippen LogP contribution in [0.3, 0.4) is 0 Å². The second-order valence-corrected chi connectivity index (χ2v) is 1.95. The number of rotatable bonds is 5. The van der Waals surface area contributed by atoms with Crippen LogP contribution in [0, 0.1) is 0 Å². The van der Waals surface area contributed by atoms with Gasteiger partial charge in [-0.05, 0) is 6.08 Å². The maximum Gasteiger partial charge on any atom is 0.314 e. The van der Waals surface area contributed by atoms with E-state index < -0.39 is 11.9 Å². The second-order valence-electron chi connectivity index (χ2n) is 1.95. The summed E-state index contributed by atoms with van der Waals surface area (Å²) >= 11 is 0. The van der Waals surface area contributed by atoms with Gasteiger partial charge in [-0.3, -0.25) is 9.59 Å². The van der Waals surface area contributed by atoms with Gasteiger partial charge in [-0.1, -0.05) is 6.08 Å². The van der Waals surface area contributed by atoms with E-state index in [9.17, 15) is 9.59 Å². The van der Waals surface area contributed by atoms with Crippen molar-refractivity contribution in [1.82, 2.24) is 0 Å². The van der Waals surface area contributed by atoms with Crippen LogP contribution in [0.1, 0.15) is 12.8 Å². The minimum Gasteiger partial charge on any atom is -0.481 e. The Morgan fingerprint density at radius 1 is 1.42 bits per heavy atom. The van der Waals surface area contributed by atoms with Crippen LogP contribution in [0.5, 0.6) is 0 Å². The summed E-state index contributed by atoms with van der Waals surface area (Å²) in [7, 11) is 0. The molecule has 0 aromatic rings. The van der Waals surface area contributed by atoms with E-state index in [-0.39, 0.29) is 12.8 Å². The van der Waals surface area contributed by atoms with E-state index in [1.807, 2.05) is 0 Å². The third kappa shape index (κ3) is 6.54. The molecule has 0 saturated carbocycles. The molecule has 0 fully saturated rings. The van der Waals surface area contributed by atoms with Crippen LogP contribution in [0.4, 0.5) is 0 Å². The minimum atomic E-state index is -0.967. The molecule has 0 radical (unpaired) electrons. The maximum atomic E-state index is 10.6. The van der Waals surface area contributed by atoms with E-state index in [0.29, 0.717) is 0 Å². The van der Waals surface area contributed by atoms with E-state index in [4.69, 9.17) is 5.11 Å². The Balaban J connectivity index is 3.53. The molecule has 0 aliphatic rings. The number of carbonyl (C=O) groups excluding carboxylic acids is 1. The van der Waals surface area contributed by atoms with Crippen LogP contribution in [-0.2, 0) is 14.3 Å². The molecule has 0 unspecified atom stereocenters. The molecule has 0 aromatic carbocycles. The monoisotopic (exact) mass is 170 g/mol. The fraction of sp³-hybridized carbons (Fsp3) is 0.250. The highest BCUT2D eigenvalue weighted by Crippen LogP contribution is 1.89. The van der Waals surface area contributed by atoms with Crippen LogP contribution in [0.25, 0.3) is 0 Å². The highest BCUT2D eigenvalue weighted by Gasteiger charge is 1.95. The number of ether oxygens (including phenoxy) is 1. The normalized spacial score (nSPS) is 9.67. The molecule has 0 rings (SSSR count). The Morgan fingerprint density at radius 3 is 2.58 bits per heavy atom. The smallest absolute Gasteiger partial charge is 0.314 e. The summed E-state index contributed by atoms with van der Waals surface area (Å²) in [6.07, 6.45) is 3.70. The topological polar surface area (TPSA) is 63.6 Å². The Hall–Kier alpha value is -1.58. The quantitative estimate of drug-likeness (QED) is 0.381. The number of hydrogen-bond acceptors (Lipinski definition) is 3. The van der Waals surface area contributed by atoms with Gasteiger partial charge in [0.15, 0.2) is 0 Å². The zero-order valence-corrected chi connectivity index (χ0v) is 6.53. The lowest BCUT2D eigenvalue weighted by Gasteiger charge is -1.92. The lowest BCUT2D eigenvalue weighted by molar-refractivity contribution is -0.138. The van der Waals surface area contributed by atoms with Gasteiger partial charge in [0, 0.05) is 0 Å². The van der Waals surface area contributed by atoms with Gasteiger partial charge >= 0.3 is 11.9 Å². The summed E-state index contributed by atoms with van der Waals surface area (Å²) in [5.41, 5.74) is 0. The van der Waals surface area contributed by atoms with Gasteiger partial charge in [-0.25, -0.2) is 0 Å². The molecular formula is C8H10O4. The third-order valence-corrected chi connectivity index (χ3v) is 0.899. The van der Waals surface area contributed by atoms with Crippen molar-refractivity contribution >= 4 is 11.9 Å². The Kier molecular flexibility index (Phi) is 5.34. The zero-order valence-electron chi connectivity index (χ0n) is 6.53. The average molecular weight is 170 g/mol. The number of aliphatic carboxylic acids is 1. The number of carbonyl (C=O) groups is 2. The molecule has 4 heteroatoms. The summed E-state index contributed by atoms with van der Waals surface area (Å²) in [5.74, 6) is -1.42. The molecule has 0 bridgehead atoms. The van der Waals surface area contributed by atoms with E-state index >= 15 is 0 Å². The minimum absolute atomic E-state index is 0.122. The van der Waals surface area contributed by atoms with Gasteiger partial charge in [0.2, 0.25) is 0 Å². The molecule has 0 spiro atoms. The SMILES string of the molecule is C=CCC(=O)OC=CCC(=O)O. The van der Waals surface area contributed by atoms with Crippen LogP contribution >= 0.6 is 0 Å². The van der Waals surface area contributed by atoms with Gasteiger partial charge in [0.05, 0.1) is 19.1 Å². The summed E-state index contributed by atoms with van der Waals surface area (Å²) in [6.45, 7) is 3.34. The van der Waals surface area contributed by atoms with Crippen LogP contribution in [-0.4, -0.2) is 17.0 Å². The lowest BCUT2D eigenvalue weighted by atomic mass is 10.4. The zero-order chi connectivity index (χ0) is 9.40. The summed E-state index contributed by atoms with van der Waals surface area (Å²) in [5, 5.41) is 8.17. The molecule has 0 atom stereocenters. The van der Waals surface area contributed by atoms with Crippen LogP contribution < -0.4 is 0 Å². The summed E-state index contributed by atoms with van der Waals surface area (Å²) < 4.78 is 4.48. The van der Waals surface area contributed by atoms with Gasteiger partial charge in [-0.15, -0.1) is 6.58 Å². The Labute approximate surface area is 70.1 Å². The second kappa shape index (κ2) is 6.15. The molecule has 0 aliphatic carbocycles. The number of carboxylic acid groups (broad SMARTS) is 1. The molecule has 0 aromatic heterocycles. The highest BCUT2D eigenvalue weighted by molar-refractivity contribution is 5.72. The van der Waals surface area contributed by atoms with Crippen LogP contribution in [0.15, 0.2) is 25.0 Å². The van der Waals surface area contributed by atoms with Gasteiger partial charge in [0.25, 0.3) is 0 Å². The highest BCUT2D eigenvalue weighted by atomic mass is 16.5. The molecule has 0 heterocycles. The first-order valence-corrected chi connectivity index (χ1v) is 3.34. The molecule has 4 nitrogen and oxygen atoms in total. The summed E-state index contributed by atoms with van der Waals surface area (Å²) in [6, 6.07) is 0. The molecule has 1 N–H and O–H groups in total. The molecule has 0 aliphatic heterocycles. The standard InChI is InChI=1S/C8H10O4/c1-2-4-8(11)12-6-3-5-7(9)10/h2-3,6H,1,4-5H2,(H,9,10). The first kappa shape index (κ1) is 10.4. The molecular weight excluding hydrogens is 160 g/mol. The Bertz CT molecular complexity index is 205.